The second-order valence-electron chi connectivity index (χ2n) is 3.69. The number of para-hydroxylation sites is 2. The van der Waals surface area contributed by atoms with Gasteiger partial charge in [0.15, 0.2) is 0 Å². The molecule has 1 aromatic carbocycles. The zero-order valence-electron chi connectivity index (χ0n) is 9.79. The zero-order chi connectivity index (χ0) is 13.1. The van der Waals surface area contributed by atoms with Crippen LogP contribution in [0.5, 0.6) is 0 Å². The van der Waals surface area contributed by atoms with Gasteiger partial charge in [0.05, 0.1) is 6.61 Å². The van der Waals surface area contributed by atoms with Crippen molar-refractivity contribution in [1.29, 1.82) is 0 Å². The van der Waals surface area contributed by atoms with Crippen molar-refractivity contribution in [2.24, 2.45) is 0 Å². The molecule has 0 radical (unpaired) electrons. The van der Waals surface area contributed by atoms with Gasteiger partial charge in [-0.1, -0.05) is 12.1 Å². The van der Waals surface area contributed by atoms with Crippen molar-refractivity contribution in [2.75, 3.05) is 13.2 Å². The maximum atomic E-state index is 11.9. The van der Waals surface area contributed by atoms with E-state index in [-0.39, 0.29) is 24.6 Å². The Labute approximate surface area is 103 Å². The molecular formula is C12H12N2O4. The quantitative estimate of drug-likeness (QED) is 0.480. The van der Waals surface area contributed by atoms with E-state index in [2.05, 4.69) is 4.98 Å². The van der Waals surface area contributed by atoms with Gasteiger partial charge in [-0.15, -0.1) is 0 Å². The minimum atomic E-state index is -0.711. The lowest BCUT2D eigenvalue weighted by atomic mass is 10.2. The first-order chi connectivity index (χ1) is 8.65. The Hall–Kier alpha value is -2.21. The van der Waals surface area contributed by atoms with Crippen LogP contribution in [0.15, 0.2) is 24.3 Å². The number of fused-ring (bicyclic) bond motifs is 1. The molecule has 18 heavy (non-hydrogen) atoms. The maximum absolute atomic E-state index is 11.9. The standard InChI is InChI=1S/C12H12N2O4/c1-8-11(12(16)18-7-6-15)13-9-4-2-3-5-10(9)14(8)17/h2-5,15H,6-7H2,1H3. The number of nitrogens with zero attached hydrogens (tertiary/aromatic N) is 2. The number of rotatable bonds is 3. The Bertz CT molecular complexity index is 598. The molecule has 0 fully saturated rings. The van der Waals surface area contributed by atoms with Crippen LogP contribution in [-0.4, -0.2) is 29.3 Å². The molecule has 1 heterocycles. The molecule has 1 aromatic heterocycles. The second-order valence-corrected chi connectivity index (χ2v) is 3.69. The van der Waals surface area contributed by atoms with Gasteiger partial charge in [-0.25, -0.2) is 9.78 Å². The molecule has 2 rings (SSSR count). The third-order valence-corrected chi connectivity index (χ3v) is 2.50. The molecule has 0 spiro atoms. The summed E-state index contributed by atoms with van der Waals surface area (Å²) in [4.78, 5) is 15.8. The Morgan fingerprint density at radius 3 is 2.94 bits per heavy atom. The summed E-state index contributed by atoms with van der Waals surface area (Å²) in [6.07, 6.45) is 0. The van der Waals surface area contributed by atoms with Crippen LogP contribution in [0.25, 0.3) is 11.0 Å². The topological polar surface area (TPSA) is 86.4 Å². The van der Waals surface area contributed by atoms with Crippen LogP contribution in [0.2, 0.25) is 0 Å². The van der Waals surface area contributed by atoms with Crippen molar-refractivity contribution >= 4 is 17.0 Å². The van der Waals surface area contributed by atoms with Crippen LogP contribution in [0.1, 0.15) is 16.2 Å². The van der Waals surface area contributed by atoms with Crippen LogP contribution in [0.4, 0.5) is 0 Å². The molecule has 0 bridgehead atoms. The SMILES string of the molecule is Cc1c(C(=O)OCCO)nc2ccccc2[n+]1[O-]. The first kappa shape index (κ1) is 12.3. The van der Waals surface area contributed by atoms with Crippen molar-refractivity contribution < 1.29 is 19.4 Å². The van der Waals surface area contributed by atoms with E-state index in [0.29, 0.717) is 15.8 Å². The van der Waals surface area contributed by atoms with E-state index in [1.165, 1.54) is 6.92 Å². The number of hydrogen-bond acceptors (Lipinski definition) is 5. The van der Waals surface area contributed by atoms with Crippen LogP contribution >= 0.6 is 0 Å². The van der Waals surface area contributed by atoms with Crippen molar-refractivity contribution in [3.05, 3.63) is 40.9 Å². The normalized spacial score (nSPS) is 10.6. The molecule has 0 saturated heterocycles. The van der Waals surface area contributed by atoms with E-state index in [1.54, 1.807) is 24.3 Å². The van der Waals surface area contributed by atoms with Crippen molar-refractivity contribution in [2.45, 2.75) is 6.92 Å². The molecule has 1 N–H and O–H groups in total. The fourth-order valence-corrected chi connectivity index (χ4v) is 1.61. The summed E-state index contributed by atoms with van der Waals surface area (Å²) in [7, 11) is 0. The average molecular weight is 248 g/mol. The third kappa shape index (κ3) is 2.10. The highest BCUT2D eigenvalue weighted by Crippen LogP contribution is 2.11. The number of ether oxygens (including phenoxy) is 1. The highest BCUT2D eigenvalue weighted by molar-refractivity contribution is 5.89. The van der Waals surface area contributed by atoms with Crippen molar-refractivity contribution in [3.63, 3.8) is 0 Å². The van der Waals surface area contributed by atoms with E-state index >= 15 is 0 Å². The molecule has 0 aliphatic rings. The van der Waals surface area contributed by atoms with Crippen LogP contribution in [0, 0.1) is 12.1 Å². The molecule has 0 unspecified atom stereocenters. The molecule has 6 heteroatoms. The van der Waals surface area contributed by atoms with Gasteiger partial charge in [-0.3, -0.25) is 0 Å². The van der Waals surface area contributed by atoms with E-state index in [9.17, 15) is 10.0 Å². The van der Waals surface area contributed by atoms with Gasteiger partial charge in [0, 0.05) is 13.0 Å². The number of carbonyl (C=O) groups is 1. The summed E-state index contributed by atoms with van der Waals surface area (Å²) in [5, 5.41) is 20.5. The summed E-state index contributed by atoms with van der Waals surface area (Å²) < 4.78 is 5.41. The fourth-order valence-electron chi connectivity index (χ4n) is 1.61. The number of esters is 1. The first-order valence-corrected chi connectivity index (χ1v) is 5.42. The number of benzene rings is 1. The second kappa shape index (κ2) is 4.97. The van der Waals surface area contributed by atoms with Gasteiger partial charge in [0.25, 0.3) is 0 Å². The van der Waals surface area contributed by atoms with Gasteiger partial charge >= 0.3 is 5.97 Å². The predicted molar refractivity (Wildman–Crippen MR) is 62.8 cm³/mol. The molecule has 0 amide bonds. The monoisotopic (exact) mass is 248 g/mol. The van der Waals surface area contributed by atoms with E-state index in [1.807, 2.05) is 0 Å². The molecule has 2 aromatic rings. The molecule has 0 aliphatic carbocycles. The van der Waals surface area contributed by atoms with E-state index in [4.69, 9.17) is 9.84 Å². The highest BCUT2D eigenvalue weighted by Gasteiger charge is 2.21. The lowest BCUT2D eigenvalue weighted by Gasteiger charge is -2.08. The van der Waals surface area contributed by atoms with Gasteiger partial charge < -0.3 is 15.1 Å². The Balaban J connectivity index is 2.51. The lowest BCUT2D eigenvalue weighted by Crippen LogP contribution is -2.34. The number of carbonyl (C=O) groups excluding carboxylic acids is 1. The van der Waals surface area contributed by atoms with Gasteiger partial charge in [0.1, 0.15) is 12.1 Å². The van der Waals surface area contributed by atoms with E-state index < -0.39 is 5.97 Å². The Morgan fingerprint density at radius 2 is 2.22 bits per heavy atom. The number of aliphatic hydroxyl groups is 1. The minimum Gasteiger partial charge on any atom is -0.618 e. The summed E-state index contributed by atoms with van der Waals surface area (Å²) in [6, 6.07) is 6.73. The van der Waals surface area contributed by atoms with Crippen LogP contribution in [0.3, 0.4) is 0 Å². The smallest absolute Gasteiger partial charge is 0.363 e. The van der Waals surface area contributed by atoms with Gasteiger partial charge in [0.2, 0.25) is 16.9 Å². The molecule has 0 atom stereocenters. The molecular weight excluding hydrogens is 236 g/mol. The van der Waals surface area contributed by atoms with Crippen LogP contribution < -0.4 is 4.73 Å². The number of aromatic nitrogens is 2. The lowest BCUT2D eigenvalue weighted by molar-refractivity contribution is -0.584. The van der Waals surface area contributed by atoms with Gasteiger partial charge in [-0.2, -0.15) is 4.73 Å². The third-order valence-electron chi connectivity index (χ3n) is 2.50. The predicted octanol–water partition coefficient (Wildman–Crippen LogP) is 0.326. The summed E-state index contributed by atoms with van der Waals surface area (Å²) in [5.41, 5.74) is 0.969. The largest absolute Gasteiger partial charge is 0.618 e. The van der Waals surface area contributed by atoms with Crippen molar-refractivity contribution in [1.82, 2.24) is 4.98 Å². The maximum Gasteiger partial charge on any atom is 0.363 e. The molecule has 0 aliphatic heterocycles. The highest BCUT2D eigenvalue weighted by atomic mass is 16.5. The minimum absolute atomic E-state index is 0.0304. The number of aliphatic hydroxyl groups excluding tert-OH is 1. The molecule has 0 saturated carbocycles. The Morgan fingerprint density at radius 1 is 1.50 bits per heavy atom. The fraction of sp³-hybridized carbons (Fsp3) is 0.250. The number of hydrogen-bond donors (Lipinski definition) is 1. The van der Waals surface area contributed by atoms with E-state index in [0.717, 1.165) is 0 Å². The summed E-state index contributed by atoms with van der Waals surface area (Å²) in [5.74, 6) is -0.711. The Kier molecular flexibility index (Phi) is 3.38. The average Bonchev–Trinajstić information content (AvgIpc) is 2.40. The van der Waals surface area contributed by atoms with Gasteiger partial charge in [-0.05, 0) is 6.07 Å². The first-order valence-electron chi connectivity index (χ1n) is 5.42. The zero-order valence-corrected chi connectivity index (χ0v) is 9.79. The van der Waals surface area contributed by atoms with Crippen LogP contribution in [-0.2, 0) is 4.74 Å². The summed E-state index contributed by atoms with van der Waals surface area (Å²) >= 11 is 0. The molecule has 6 nitrogen and oxygen atoms in total. The van der Waals surface area contributed by atoms with Crippen molar-refractivity contribution in [3.8, 4) is 0 Å². The molecule has 94 valence electrons. The summed E-state index contributed by atoms with van der Waals surface area (Å²) in [6.45, 7) is 1.11.